The summed E-state index contributed by atoms with van der Waals surface area (Å²) in [5.41, 5.74) is 5.22. The second-order valence-electron chi connectivity index (χ2n) is 1.36. The first-order chi connectivity index (χ1) is 4.26. The Morgan fingerprint density at radius 2 is 2.33 bits per heavy atom. The summed E-state index contributed by atoms with van der Waals surface area (Å²) in [4.78, 5) is 3.34. The van der Waals surface area contributed by atoms with Crippen molar-refractivity contribution in [2.45, 2.75) is 0 Å². The molecule has 9 heavy (non-hydrogen) atoms. The fraction of sp³-hybridized carbons (Fsp3) is 0.167. The molecule has 3 heteroatoms. The first kappa shape index (κ1) is 8.04. The molecule has 0 saturated carbocycles. The van der Waals surface area contributed by atoms with Crippen LogP contribution in [0.2, 0.25) is 0 Å². The molecule has 0 heterocycles. The van der Waals surface area contributed by atoms with Crippen LogP contribution in [0, 0.1) is 0 Å². The third kappa shape index (κ3) is 2.19. The lowest BCUT2D eigenvalue weighted by molar-refractivity contribution is 0.649. The van der Waals surface area contributed by atoms with Gasteiger partial charge >= 0.3 is 0 Å². The van der Waals surface area contributed by atoms with Crippen LogP contribution in [-0.2, 0) is 0 Å². The van der Waals surface area contributed by atoms with E-state index in [0.717, 1.165) is 6.08 Å². The van der Waals surface area contributed by atoms with Crippen molar-refractivity contribution in [1.29, 1.82) is 0 Å². The van der Waals surface area contributed by atoms with Gasteiger partial charge in [0.25, 0.3) is 0 Å². The van der Waals surface area contributed by atoms with Crippen molar-refractivity contribution in [2.24, 2.45) is 10.7 Å². The number of halogens is 1. The van der Waals surface area contributed by atoms with Gasteiger partial charge in [-0.3, -0.25) is 4.99 Å². The van der Waals surface area contributed by atoms with Gasteiger partial charge in [0, 0.05) is 6.54 Å². The Bertz CT molecular complexity index is 149. The van der Waals surface area contributed by atoms with Crippen molar-refractivity contribution in [1.82, 2.24) is 0 Å². The molecule has 0 spiro atoms. The van der Waals surface area contributed by atoms with Gasteiger partial charge < -0.3 is 5.73 Å². The van der Waals surface area contributed by atoms with Crippen molar-refractivity contribution in [3.8, 4) is 0 Å². The van der Waals surface area contributed by atoms with Crippen LogP contribution in [0.25, 0.3) is 0 Å². The summed E-state index contributed by atoms with van der Waals surface area (Å²) < 4.78 is 12.3. The SMILES string of the molecule is C=C/C(F)=C(/CN)N=C. The number of nitrogens with zero attached hydrogens (tertiary/aromatic N) is 1. The molecule has 0 aromatic carbocycles. The standard InChI is InChI=1S/C6H9FN2/c1-3-5(7)6(4-8)9-2/h3H,1-2,4,8H2/b6-5+. The first-order valence-electron chi connectivity index (χ1n) is 2.44. The molecule has 2 N–H and O–H groups in total. The van der Waals surface area contributed by atoms with Crippen LogP contribution in [0.4, 0.5) is 4.39 Å². The molecular weight excluding hydrogens is 119 g/mol. The molecule has 0 atom stereocenters. The minimum atomic E-state index is -0.507. The van der Waals surface area contributed by atoms with E-state index in [0.29, 0.717) is 0 Å². The molecule has 0 unspecified atom stereocenters. The van der Waals surface area contributed by atoms with Crippen LogP contribution in [0.1, 0.15) is 0 Å². The number of hydrogen-bond acceptors (Lipinski definition) is 2. The van der Waals surface area contributed by atoms with Crippen LogP contribution < -0.4 is 5.73 Å². The van der Waals surface area contributed by atoms with Gasteiger partial charge in [0.05, 0.1) is 5.70 Å². The molecule has 0 rings (SSSR count). The molecule has 0 aliphatic heterocycles. The summed E-state index contributed by atoms with van der Waals surface area (Å²) in [6.07, 6.45) is 1.05. The summed E-state index contributed by atoms with van der Waals surface area (Å²) in [6.45, 7) is 6.38. The molecule has 0 aromatic heterocycles. The molecule has 50 valence electrons. The maximum atomic E-state index is 12.3. The average Bonchev–Trinajstić information content (AvgIpc) is 1.90. The second kappa shape index (κ2) is 3.97. The molecule has 0 saturated heterocycles. The van der Waals surface area contributed by atoms with Gasteiger partial charge in [-0.1, -0.05) is 6.58 Å². The predicted molar refractivity (Wildman–Crippen MR) is 36.9 cm³/mol. The Kier molecular flexibility index (Phi) is 3.55. The molecule has 0 aromatic rings. The van der Waals surface area contributed by atoms with Crippen molar-refractivity contribution >= 4 is 6.72 Å². The summed E-state index contributed by atoms with van der Waals surface area (Å²) in [7, 11) is 0. The third-order valence-corrected chi connectivity index (χ3v) is 0.839. The molecule has 0 radical (unpaired) electrons. The second-order valence-corrected chi connectivity index (χ2v) is 1.36. The topological polar surface area (TPSA) is 38.4 Å². The largest absolute Gasteiger partial charge is 0.325 e. The monoisotopic (exact) mass is 128 g/mol. The lowest BCUT2D eigenvalue weighted by Crippen LogP contribution is -2.01. The highest BCUT2D eigenvalue weighted by atomic mass is 19.1. The number of rotatable bonds is 3. The van der Waals surface area contributed by atoms with E-state index >= 15 is 0 Å². The van der Waals surface area contributed by atoms with Crippen molar-refractivity contribution in [2.75, 3.05) is 6.54 Å². The number of nitrogens with two attached hydrogens (primary N) is 1. The number of aliphatic imine (C=N–C) groups is 1. The lowest BCUT2D eigenvalue weighted by atomic mass is 10.4. The van der Waals surface area contributed by atoms with Gasteiger partial charge in [0.15, 0.2) is 0 Å². The summed E-state index contributed by atoms with van der Waals surface area (Å²) in [6, 6.07) is 0. The van der Waals surface area contributed by atoms with Crippen LogP contribution >= 0.6 is 0 Å². The van der Waals surface area contributed by atoms with E-state index in [1.54, 1.807) is 0 Å². The molecule has 0 fully saturated rings. The maximum Gasteiger partial charge on any atom is 0.145 e. The minimum absolute atomic E-state index is 0.0569. The molecular formula is C6H9FN2. The van der Waals surface area contributed by atoms with Crippen molar-refractivity contribution in [3.05, 3.63) is 24.2 Å². The van der Waals surface area contributed by atoms with Gasteiger partial charge in [-0.05, 0) is 12.8 Å². The third-order valence-electron chi connectivity index (χ3n) is 0.839. The fourth-order valence-corrected chi connectivity index (χ4v) is 0.355. The maximum absolute atomic E-state index is 12.3. The van der Waals surface area contributed by atoms with Crippen LogP contribution in [0.5, 0.6) is 0 Å². The quantitative estimate of drug-likeness (QED) is 0.447. The smallest absolute Gasteiger partial charge is 0.145 e. The van der Waals surface area contributed by atoms with E-state index in [1.165, 1.54) is 0 Å². The zero-order chi connectivity index (χ0) is 7.28. The Morgan fingerprint density at radius 3 is 2.44 bits per heavy atom. The van der Waals surface area contributed by atoms with Crippen LogP contribution in [0.3, 0.4) is 0 Å². The van der Waals surface area contributed by atoms with Crippen LogP contribution in [0.15, 0.2) is 29.2 Å². The zero-order valence-electron chi connectivity index (χ0n) is 5.10. The minimum Gasteiger partial charge on any atom is -0.325 e. The Balaban J connectivity index is 4.36. The fourth-order valence-electron chi connectivity index (χ4n) is 0.355. The highest BCUT2D eigenvalue weighted by Gasteiger charge is 1.95. The molecule has 0 amide bonds. The molecule has 0 bridgehead atoms. The van der Waals surface area contributed by atoms with Gasteiger partial charge in [0.1, 0.15) is 5.83 Å². The summed E-state index contributed by atoms with van der Waals surface area (Å²) in [5, 5.41) is 0. The molecule has 0 aliphatic carbocycles. The summed E-state index contributed by atoms with van der Waals surface area (Å²) in [5.74, 6) is -0.507. The highest BCUT2D eigenvalue weighted by molar-refractivity contribution is 5.32. The Hall–Kier alpha value is -0.960. The zero-order valence-corrected chi connectivity index (χ0v) is 5.10. The van der Waals surface area contributed by atoms with E-state index in [4.69, 9.17) is 5.73 Å². The predicted octanol–water partition coefficient (Wildman–Crippen LogP) is 1.01. The van der Waals surface area contributed by atoms with Gasteiger partial charge in [-0.15, -0.1) is 0 Å². The number of hydrogen-bond donors (Lipinski definition) is 1. The first-order valence-corrected chi connectivity index (χ1v) is 2.44. The summed E-state index contributed by atoms with van der Waals surface area (Å²) >= 11 is 0. The van der Waals surface area contributed by atoms with Gasteiger partial charge in [0.2, 0.25) is 0 Å². The lowest BCUT2D eigenvalue weighted by Gasteiger charge is -1.93. The highest BCUT2D eigenvalue weighted by Crippen LogP contribution is 2.05. The van der Waals surface area contributed by atoms with E-state index in [-0.39, 0.29) is 12.2 Å². The Labute approximate surface area is 53.6 Å². The van der Waals surface area contributed by atoms with E-state index in [9.17, 15) is 4.39 Å². The molecule has 2 nitrogen and oxygen atoms in total. The van der Waals surface area contributed by atoms with Crippen LogP contribution in [-0.4, -0.2) is 13.3 Å². The normalized spacial score (nSPS) is 12.2. The Morgan fingerprint density at radius 1 is 1.78 bits per heavy atom. The average molecular weight is 128 g/mol. The van der Waals surface area contributed by atoms with E-state index < -0.39 is 5.83 Å². The van der Waals surface area contributed by atoms with E-state index in [1.807, 2.05) is 0 Å². The number of allylic oxidation sites excluding steroid dienone is 2. The van der Waals surface area contributed by atoms with Crippen molar-refractivity contribution in [3.63, 3.8) is 0 Å². The molecule has 0 aliphatic rings. The van der Waals surface area contributed by atoms with E-state index in [2.05, 4.69) is 18.3 Å². The van der Waals surface area contributed by atoms with Gasteiger partial charge in [-0.25, -0.2) is 4.39 Å². The van der Waals surface area contributed by atoms with Gasteiger partial charge in [-0.2, -0.15) is 0 Å². The van der Waals surface area contributed by atoms with Crippen molar-refractivity contribution < 1.29 is 4.39 Å².